The number of carboxylic acid groups (broad SMARTS) is 1. The Labute approximate surface area is 84.3 Å². The average molecular weight is 227 g/mol. The molecule has 0 aromatic heterocycles. The maximum absolute atomic E-state index is 12.4. The zero-order valence-electron chi connectivity index (χ0n) is 8.08. The molecule has 1 rings (SSSR count). The molecule has 7 heteroatoms. The third kappa shape index (κ3) is 2.23. The van der Waals surface area contributed by atoms with Crippen LogP contribution in [-0.2, 0) is 4.79 Å². The highest BCUT2D eigenvalue weighted by Crippen LogP contribution is 2.38. The molecule has 0 aromatic carbocycles. The summed E-state index contributed by atoms with van der Waals surface area (Å²) in [6, 6.07) is -1.01. The van der Waals surface area contributed by atoms with Gasteiger partial charge < -0.3 is 10.2 Å². The van der Waals surface area contributed by atoms with Crippen LogP contribution in [0.3, 0.4) is 0 Å². The summed E-state index contributed by atoms with van der Waals surface area (Å²) in [5.41, 5.74) is -2.77. The van der Waals surface area contributed by atoms with Crippen molar-refractivity contribution in [2.45, 2.75) is 31.2 Å². The van der Waals surface area contributed by atoms with Crippen LogP contribution < -0.4 is 0 Å². The number of nitrogens with zero attached hydrogens (tertiary/aromatic N) is 1. The van der Waals surface area contributed by atoms with E-state index in [-0.39, 0.29) is 6.54 Å². The summed E-state index contributed by atoms with van der Waals surface area (Å²) in [6.45, 7) is 0.553. The first kappa shape index (κ1) is 12.3. The normalized spacial score (nSPS) is 30.5. The van der Waals surface area contributed by atoms with Crippen LogP contribution in [0.25, 0.3) is 0 Å². The minimum Gasteiger partial charge on any atom is -0.480 e. The molecule has 0 spiro atoms. The summed E-state index contributed by atoms with van der Waals surface area (Å²) in [6.07, 6.45) is -5.19. The summed E-state index contributed by atoms with van der Waals surface area (Å²) in [5, 5.41) is 17.9. The Bertz CT molecular complexity index is 268. The van der Waals surface area contributed by atoms with Gasteiger partial charge in [-0.1, -0.05) is 0 Å². The molecule has 0 radical (unpaired) electrons. The van der Waals surface area contributed by atoms with Gasteiger partial charge >= 0.3 is 12.1 Å². The van der Waals surface area contributed by atoms with Crippen LogP contribution in [-0.4, -0.2) is 52.0 Å². The number of aliphatic carboxylic acids is 1. The van der Waals surface area contributed by atoms with Crippen LogP contribution in [0.15, 0.2) is 0 Å². The van der Waals surface area contributed by atoms with Crippen LogP contribution in [0.1, 0.15) is 13.3 Å². The number of halogens is 3. The van der Waals surface area contributed by atoms with E-state index in [1.807, 2.05) is 0 Å². The molecule has 1 saturated heterocycles. The third-order valence-corrected chi connectivity index (χ3v) is 2.71. The standard InChI is InChI=1S/C8H12F3NO3/c1-5(6(13)14)12-3-2-7(15,4-12)8(9,10)11/h5,15H,2-4H2,1H3,(H,13,14)/t5-,7+/m1/s1. The van der Waals surface area contributed by atoms with Gasteiger partial charge in [-0.2, -0.15) is 13.2 Å². The van der Waals surface area contributed by atoms with Gasteiger partial charge in [0.05, 0.1) is 0 Å². The predicted molar refractivity (Wildman–Crippen MR) is 44.3 cm³/mol. The highest BCUT2D eigenvalue weighted by molar-refractivity contribution is 5.72. The Morgan fingerprint density at radius 3 is 2.40 bits per heavy atom. The molecule has 1 aliphatic heterocycles. The second-order valence-corrected chi connectivity index (χ2v) is 3.76. The van der Waals surface area contributed by atoms with Gasteiger partial charge in [-0.15, -0.1) is 0 Å². The molecular formula is C8H12F3NO3. The minimum atomic E-state index is -4.71. The van der Waals surface area contributed by atoms with E-state index >= 15 is 0 Å². The summed E-state index contributed by atoms with van der Waals surface area (Å²) in [7, 11) is 0. The summed E-state index contributed by atoms with van der Waals surface area (Å²) in [5.74, 6) is -1.19. The monoisotopic (exact) mass is 227 g/mol. The van der Waals surface area contributed by atoms with E-state index in [2.05, 4.69) is 0 Å². The van der Waals surface area contributed by atoms with Crippen molar-refractivity contribution < 1.29 is 28.2 Å². The molecule has 15 heavy (non-hydrogen) atoms. The van der Waals surface area contributed by atoms with Gasteiger partial charge in [0.2, 0.25) is 0 Å². The van der Waals surface area contributed by atoms with Gasteiger partial charge in [-0.3, -0.25) is 9.69 Å². The fourth-order valence-corrected chi connectivity index (χ4v) is 1.54. The van der Waals surface area contributed by atoms with E-state index in [1.165, 1.54) is 6.92 Å². The molecule has 4 nitrogen and oxygen atoms in total. The topological polar surface area (TPSA) is 60.8 Å². The number of alkyl halides is 3. The lowest BCUT2D eigenvalue weighted by molar-refractivity contribution is -0.254. The lowest BCUT2D eigenvalue weighted by Crippen LogP contribution is -2.49. The van der Waals surface area contributed by atoms with Crippen LogP contribution >= 0.6 is 0 Å². The Kier molecular flexibility index (Phi) is 2.97. The van der Waals surface area contributed by atoms with Crippen molar-refractivity contribution >= 4 is 5.97 Å². The first-order chi connectivity index (χ1) is 6.67. The number of hydrogen-bond donors (Lipinski definition) is 2. The van der Waals surface area contributed by atoms with Gasteiger partial charge in [0.15, 0.2) is 5.60 Å². The third-order valence-electron chi connectivity index (χ3n) is 2.71. The lowest BCUT2D eigenvalue weighted by atomic mass is 10.0. The fraction of sp³-hybridized carbons (Fsp3) is 0.875. The molecule has 1 aliphatic rings. The van der Waals surface area contributed by atoms with Crippen molar-refractivity contribution in [2.24, 2.45) is 0 Å². The predicted octanol–water partition coefficient (Wildman–Crippen LogP) is 0.459. The van der Waals surface area contributed by atoms with Gasteiger partial charge in [0.25, 0.3) is 0 Å². The smallest absolute Gasteiger partial charge is 0.418 e. The number of carboxylic acids is 1. The van der Waals surface area contributed by atoms with Crippen LogP contribution in [0, 0.1) is 0 Å². The quantitative estimate of drug-likeness (QED) is 0.719. The fourth-order valence-electron chi connectivity index (χ4n) is 1.54. The van der Waals surface area contributed by atoms with Crippen molar-refractivity contribution in [1.82, 2.24) is 4.90 Å². The molecule has 2 atom stereocenters. The van der Waals surface area contributed by atoms with E-state index < -0.39 is 36.8 Å². The van der Waals surface area contributed by atoms with E-state index in [0.29, 0.717) is 0 Å². The maximum Gasteiger partial charge on any atom is 0.418 e. The summed E-state index contributed by atoms with van der Waals surface area (Å²) < 4.78 is 37.1. The highest BCUT2D eigenvalue weighted by atomic mass is 19.4. The number of β-amino-alcohol motifs (C(OH)–C–C–N with tert-alkyl or cyclic N) is 1. The van der Waals surface area contributed by atoms with Crippen molar-refractivity contribution in [3.05, 3.63) is 0 Å². The molecule has 0 bridgehead atoms. The van der Waals surface area contributed by atoms with Gasteiger partial charge in [0, 0.05) is 13.1 Å². The number of aliphatic hydroxyl groups is 1. The van der Waals surface area contributed by atoms with E-state index in [1.54, 1.807) is 0 Å². The second-order valence-electron chi connectivity index (χ2n) is 3.76. The zero-order chi connectivity index (χ0) is 11.9. The largest absolute Gasteiger partial charge is 0.480 e. The SMILES string of the molecule is C[C@H](C(=O)O)N1CC[C@@](O)(C(F)(F)F)C1. The molecule has 0 unspecified atom stereocenters. The Morgan fingerprint density at radius 2 is 2.07 bits per heavy atom. The lowest BCUT2D eigenvalue weighted by Gasteiger charge is -2.27. The summed E-state index contributed by atoms with van der Waals surface area (Å²) in [4.78, 5) is 11.6. The van der Waals surface area contributed by atoms with Crippen molar-refractivity contribution in [1.29, 1.82) is 0 Å². The number of rotatable bonds is 2. The Hall–Kier alpha value is -0.820. The van der Waals surface area contributed by atoms with E-state index in [0.717, 1.165) is 4.90 Å². The number of hydrogen-bond acceptors (Lipinski definition) is 3. The van der Waals surface area contributed by atoms with Crippen molar-refractivity contribution in [2.75, 3.05) is 13.1 Å². The molecule has 0 aromatic rings. The van der Waals surface area contributed by atoms with E-state index in [4.69, 9.17) is 5.11 Å². The van der Waals surface area contributed by atoms with Gasteiger partial charge in [-0.25, -0.2) is 0 Å². The van der Waals surface area contributed by atoms with Crippen LogP contribution in [0.5, 0.6) is 0 Å². The second kappa shape index (κ2) is 3.64. The van der Waals surface area contributed by atoms with Crippen molar-refractivity contribution in [3.8, 4) is 0 Å². The molecule has 2 N–H and O–H groups in total. The average Bonchev–Trinajstić information content (AvgIpc) is 2.46. The maximum atomic E-state index is 12.4. The van der Waals surface area contributed by atoms with E-state index in [9.17, 15) is 23.1 Å². The molecule has 88 valence electrons. The highest BCUT2D eigenvalue weighted by Gasteiger charge is 2.57. The van der Waals surface area contributed by atoms with Gasteiger partial charge in [-0.05, 0) is 13.3 Å². The first-order valence-corrected chi connectivity index (χ1v) is 4.43. The molecule has 0 aliphatic carbocycles. The Balaban J connectivity index is 2.71. The van der Waals surface area contributed by atoms with Crippen LogP contribution in [0.2, 0.25) is 0 Å². The Morgan fingerprint density at radius 1 is 1.53 bits per heavy atom. The molecule has 1 fully saturated rings. The molecule has 1 heterocycles. The molecule has 0 saturated carbocycles. The van der Waals surface area contributed by atoms with Crippen LogP contribution in [0.4, 0.5) is 13.2 Å². The number of likely N-dealkylation sites (tertiary alicyclic amines) is 1. The van der Waals surface area contributed by atoms with Gasteiger partial charge in [0.1, 0.15) is 6.04 Å². The van der Waals surface area contributed by atoms with Crippen molar-refractivity contribution in [3.63, 3.8) is 0 Å². The summed E-state index contributed by atoms with van der Waals surface area (Å²) >= 11 is 0. The molecule has 0 amide bonds. The molecular weight excluding hydrogens is 215 g/mol. The first-order valence-electron chi connectivity index (χ1n) is 4.43. The number of carbonyl (C=O) groups is 1. The zero-order valence-corrected chi connectivity index (χ0v) is 8.08. The minimum absolute atomic E-state index is 0.0660.